The average molecular weight is 304 g/mol. The highest BCUT2D eigenvalue weighted by atomic mass is 32.2. The van der Waals surface area contributed by atoms with Crippen molar-refractivity contribution in [2.75, 3.05) is 0 Å². The van der Waals surface area contributed by atoms with Gasteiger partial charge >= 0.3 is 0 Å². The third-order valence-electron chi connectivity index (χ3n) is 2.80. The molecule has 0 radical (unpaired) electrons. The second kappa shape index (κ2) is 5.34. The molecule has 0 saturated carbocycles. The lowest BCUT2D eigenvalue weighted by atomic mass is 10.2. The van der Waals surface area contributed by atoms with Gasteiger partial charge in [0.05, 0.1) is 16.2 Å². The van der Waals surface area contributed by atoms with E-state index in [4.69, 9.17) is 0 Å². The normalized spacial score (nSPS) is 12.7. The minimum Gasteiger partial charge on any atom is -0.309 e. The quantitative estimate of drug-likeness (QED) is 0.753. The van der Waals surface area contributed by atoms with E-state index in [-0.39, 0.29) is 10.8 Å². The number of hydrogen-bond acceptors (Lipinski definition) is 6. The lowest BCUT2D eigenvalue weighted by Gasteiger charge is -2.08. The van der Waals surface area contributed by atoms with Crippen LogP contribution in [0.5, 0.6) is 0 Å². The van der Waals surface area contributed by atoms with Gasteiger partial charge in [0.15, 0.2) is 4.34 Å². The summed E-state index contributed by atoms with van der Waals surface area (Å²) >= 11 is 3.09. The Kier molecular flexibility index (Phi) is 3.54. The van der Waals surface area contributed by atoms with Crippen LogP contribution >= 0.6 is 23.1 Å². The number of fused-ring (bicyclic) bond motifs is 1. The first-order chi connectivity index (χ1) is 9.63. The molecular formula is C13H12N4OS2. The first-order valence-electron chi connectivity index (χ1n) is 6.09. The Labute approximate surface area is 123 Å². The Hall–Kier alpha value is -1.73. The molecule has 0 aliphatic carbocycles. The van der Waals surface area contributed by atoms with Crippen LogP contribution in [0.3, 0.4) is 0 Å². The smallest absolute Gasteiger partial charge is 0.258 e. The van der Waals surface area contributed by atoms with E-state index in [2.05, 4.69) is 20.2 Å². The summed E-state index contributed by atoms with van der Waals surface area (Å²) < 4.78 is 0.880. The summed E-state index contributed by atoms with van der Waals surface area (Å²) in [6.07, 6.45) is 0. The molecule has 0 aliphatic heterocycles. The van der Waals surface area contributed by atoms with Crippen LogP contribution in [-0.2, 0) is 0 Å². The number of aryl methyl sites for hydroxylation is 1. The molecule has 1 N–H and O–H groups in total. The Morgan fingerprint density at radius 1 is 1.30 bits per heavy atom. The predicted molar refractivity (Wildman–Crippen MR) is 81.3 cm³/mol. The van der Waals surface area contributed by atoms with E-state index in [0.29, 0.717) is 16.7 Å². The maximum absolute atomic E-state index is 12.0. The molecule has 0 unspecified atom stereocenters. The van der Waals surface area contributed by atoms with Crippen LogP contribution in [0.15, 0.2) is 33.4 Å². The van der Waals surface area contributed by atoms with Crippen LogP contribution in [0.25, 0.3) is 10.9 Å². The standard InChI is InChI=1S/C13H12N4OS2/c1-7(19-13-17-16-8(2)20-13)11-14-10-6-4-3-5-9(10)12(18)15-11/h3-7H,1-2H3,(H,14,15,18)/t7-/m1/s1. The van der Waals surface area contributed by atoms with Crippen LogP contribution in [-0.4, -0.2) is 20.2 Å². The lowest BCUT2D eigenvalue weighted by molar-refractivity contribution is 0.914. The molecule has 0 saturated heterocycles. The van der Waals surface area contributed by atoms with Crippen LogP contribution in [0.4, 0.5) is 0 Å². The van der Waals surface area contributed by atoms with Gasteiger partial charge in [0, 0.05) is 0 Å². The van der Waals surface area contributed by atoms with Gasteiger partial charge in [-0.05, 0) is 26.0 Å². The van der Waals surface area contributed by atoms with Crippen molar-refractivity contribution in [3.63, 3.8) is 0 Å². The molecule has 7 heteroatoms. The zero-order chi connectivity index (χ0) is 14.1. The van der Waals surface area contributed by atoms with Crippen molar-refractivity contribution in [1.82, 2.24) is 20.2 Å². The number of para-hydroxylation sites is 1. The summed E-state index contributed by atoms with van der Waals surface area (Å²) in [7, 11) is 0. The van der Waals surface area contributed by atoms with E-state index in [0.717, 1.165) is 9.35 Å². The Morgan fingerprint density at radius 3 is 2.85 bits per heavy atom. The third kappa shape index (κ3) is 2.59. The Bertz CT molecular complexity index is 811. The number of thioether (sulfide) groups is 1. The minimum absolute atomic E-state index is 0.0136. The topological polar surface area (TPSA) is 71.5 Å². The van der Waals surface area contributed by atoms with Gasteiger partial charge in [-0.3, -0.25) is 4.79 Å². The molecule has 2 heterocycles. The summed E-state index contributed by atoms with van der Waals surface area (Å²) in [5.41, 5.74) is 0.610. The third-order valence-corrected chi connectivity index (χ3v) is 4.83. The van der Waals surface area contributed by atoms with Crippen molar-refractivity contribution in [3.05, 3.63) is 45.5 Å². The summed E-state index contributed by atoms with van der Waals surface area (Å²) in [6.45, 7) is 3.91. The molecule has 1 aromatic carbocycles. The number of nitrogens with zero attached hydrogens (tertiary/aromatic N) is 3. The maximum Gasteiger partial charge on any atom is 0.258 e. The average Bonchev–Trinajstić information content (AvgIpc) is 2.84. The van der Waals surface area contributed by atoms with Crippen molar-refractivity contribution in [1.29, 1.82) is 0 Å². The van der Waals surface area contributed by atoms with E-state index in [9.17, 15) is 4.79 Å². The fourth-order valence-corrected chi connectivity index (χ4v) is 3.85. The van der Waals surface area contributed by atoms with Crippen molar-refractivity contribution < 1.29 is 0 Å². The van der Waals surface area contributed by atoms with Gasteiger partial charge in [-0.2, -0.15) is 0 Å². The van der Waals surface area contributed by atoms with Crippen molar-refractivity contribution in [2.24, 2.45) is 0 Å². The number of aromatic nitrogens is 4. The zero-order valence-electron chi connectivity index (χ0n) is 11.0. The number of benzene rings is 1. The number of hydrogen-bond donors (Lipinski definition) is 1. The van der Waals surface area contributed by atoms with Crippen LogP contribution in [0, 0.1) is 6.92 Å². The fraction of sp³-hybridized carbons (Fsp3) is 0.231. The number of aromatic amines is 1. The monoisotopic (exact) mass is 304 g/mol. The van der Waals surface area contributed by atoms with Gasteiger partial charge in [-0.25, -0.2) is 4.98 Å². The Balaban J connectivity index is 1.95. The van der Waals surface area contributed by atoms with Crippen LogP contribution in [0.2, 0.25) is 0 Å². The predicted octanol–water partition coefficient (Wildman–Crippen LogP) is 2.94. The number of rotatable bonds is 3. The first kappa shape index (κ1) is 13.3. The molecule has 0 fully saturated rings. The van der Waals surface area contributed by atoms with E-state index in [1.54, 1.807) is 17.8 Å². The van der Waals surface area contributed by atoms with E-state index >= 15 is 0 Å². The SMILES string of the molecule is Cc1nnc(S[C@H](C)c2nc3ccccc3c(=O)[nH]2)s1. The molecule has 0 aliphatic rings. The largest absolute Gasteiger partial charge is 0.309 e. The van der Waals surface area contributed by atoms with Crippen LogP contribution < -0.4 is 5.56 Å². The molecule has 3 rings (SSSR count). The van der Waals surface area contributed by atoms with Crippen molar-refractivity contribution in [3.8, 4) is 0 Å². The molecule has 20 heavy (non-hydrogen) atoms. The van der Waals surface area contributed by atoms with Gasteiger partial charge in [-0.15, -0.1) is 10.2 Å². The molecule has 0 amide bonds. The molecule has 1 atom stereocenters. The highest BCUT2D eigenvalue weighted by molar-refractivity contribution is 8.01. The van der Waals surface area contributed by atoms with E-state index in [1.807, 2.05) is 32.0 Å². The van der Waals surface area contributed by atoms with Gasteiger partial charge in [0.25, 0.3) is 5.56 Å². The van der Waals surface area contributed by atoms with Gasteiger partial charge in [0.1, 0.15) is 10.8 Å². The van der Waals surface area contributed by atoms with Gasteiger partial charge in [0.2, 0.25) is 0 Å². The first-order valence-corrected chi connectivity index (χ1v) is 7.79. The van der Waals surface area contributed by atoms with E-state index in [1.165, 1.54) is 11.3 Å². The molecule has 5 nitrogen and oxygen atoms in total. The molecule has 3 aromatic rings. The maximum atomic E-state index is 12.0. The molecular weight excluding hydrogens is 292 g/mol. The highest BCUT2D eigenvalue weighted by Crippen LogP contribution is 2.34. The number of H-pyrrole nitrogens is 1. The molecule has 0 spiro atoms. The second-order valence-electron chi connectivity index (χ2n) is 4.32. The van der Waals surface area contributed by atoms with Crippen LogP contribution in [0.1, 0.15) is 23.0 Å². The molecule has 102 valence electrons. The summed E-state index contributed by atoms with van der Waals surface area (Å²) in [4.78, 5) is 19.4. The molecule has 0 bridgehead atoms. The van der Waals surface area contributed by atoms with Crippen molar-refractivity contribution >= 4 is 34.0 Å². The Morgan fingerprint density at radius 2 is 2.10 bits per heavy atom. The minimum atomic E-state index is -0.105. The van der Waals surface area contributed by atoms with Crippen molar-refractivity contribution in [2.45, 2.75) is 23.4 Å². The van der Waals surface area contributed by atoms with E-state index < -0.39 is 0 Å². The molecule has 2 aromatic heterocycles. The second-order valence-corrected chi connectivity index (χ2v) is 7.08. The summed E-state index contributed by atoms with van der Waals surface area (Å²) in [5.74, 6) is 0.659. The summed E-state index contributed by atoms with van der Waals surface area (Å²) in [6, 6.07) is 7.34. The highest BCUT2D eigenvalue weighted by Gasteiger charge is 2.14. The zero-order valence-corrected chi connectivity index (χ0v) is 12.6. The van der Waals surface area contributed by atoms with Gasteiger partial charge < -0.3 is 4.98 Å². The summed E-state index contributed by atoms with van der Waals surface area (Å²) in [5, 5.41) is 9.62. The fourth-order valence-electron chi connectivity index (χ4n) is 1.83. The van der Waals surface area contributed by atoms with Gasteiger partial charge in [-0.1, -0.05) is 35.2 Å². The number of nitrogens with one attached hydrogen (secondary N) is 1. The lowest BCUT2D eigenvalue weighted by Crippen LogP contribution is -2.12.